The SMILES string of the molecule is CN1CN(c2cccc(Oc3ccc4c5ccccc5n(-c5ccccn5)c4c3)c2)C=C1n1c2ccccc2c2ccccc21. The minimum atomic E-state index is 0.732. The minimum absolute atomic E-state index is 0.732. The summed E-state index contributed by atoms with van der Waals surface area (Å²) in [6.45, 7) is 0.732. The summed E-state index contributed by atoms with van der Waals surface area (Å²) in [6, 6.07) is 46.3. The van der Waals surface area contributed by atoms with E-state index >= 15 is 0 Å². The fourth-order valence-electron chi connectivity index (χ4n) is 6.74. The number of pyridine rings is 1. The van der Waals surface area contributed by atoms with Gasteiger partial charge in [0.1, 0.15) is 23.1 Å². The average Bonchev–Trinajstić information content (AvgIpc) is 3.74. The lowest BCUT2D eigenvalue weighted by atomic mass is 10.1. The van der Waals surface area contributed by atoms with Crippen LogP contribution in [0.4, 0.5) is 5.69 Å². The Morgan fingerprint density at radius 1 is 0.556 bits per heavy atom. The van der Waals surface area contributed by atoms with Gasteiger partial charge in [-0.3, -0.25) is 9.13 Å². The Kier molecular flexibility index (Phi) is 5.68. The summed E-state index contributed by atoms with van der Waals surface area (Å²) in [4.78, 5) is 9.22. The van der Waals surface area contributed by atoms with Gasteiger partial charge in [0, 0.05) is 58.8 Å². The predicted octanol–water partition coefficient (Wildman–Crippen LogP) is 9.24. The third kappa shape index (κ3) is 4.07. The van der Waals surface area contributed by atoms with Crippen LogP contribution in [0.2, 0.25) is 0 Å². The van der Waals surface area contributed by atoms with Crippen molar-refractivity contribution in [3.63, 3.8) is 0 Å². The molecule has 9 rings (SSSR count). The first-order valence-corrected chi connectivity index (χ1v) is 15.1. The Morgan fingerprint density at radius 2 is 1.18 bits per heavy atom. The van der Waals surface area contributed by atoms with Gasteiger partial charge in [-0.05, 0) is 54.6 Å². The van der Waals surface area contributed by atoms with Crippen LogP contribution in [0.15, 0.2) is 146 Å². The summed E-state index contributed by atoms with van der Waals surface area (Å²) in [7, 11) is 2.14. The fourth-order valence-corrected chi connectivity index (χ4v) is 6.74. The number of anilines is 1. The number of hydrogen-bond donors (Lipinski definition) is 0. The molecule has 0 saturated carbocycles. The van der Waals surface area contributed by atoms with Crippen molar-refractivity contribution in [3.05, 3.63) is 146 Å². The highest BCUT2D eigenvalue weighted by Gasteiger charge is 2.24. The van der Waals surface area contributed by atoms with Crippen molar-refractivity contribution in [1.29, 1.82) is 0 Å². The highest BCUT2D eigenvalue weighted by Crippen LogP contribution is 2.37. The van der Waals surface area contributed by atoms with Crippen LogP contribution < -0.4 is 9.64 Å². The molecule has 8 aromatic rings. The van der Waals surface area contributed by atoms with E-state index in [1.807, 2.05) is 36.5 Å². The maximum absolute atomic E-state index is 6.51. The minimum Gasteiger partial charge on any atom is -0.457 e. The van der Waals surface area contributed by atoms with Gasteiger partial charge in [0.05, 0.1) is 28.7 Å². The van der Waals surface area contributed by atoms with Gasteiger partial charge in [-0.25, -0.2) is 4.98 Å². The Labute approximate surface area is 260 Å². The zero-order valence-electron chi connectivity index (χ0n) is 24.7. The Bertz CT molecular complexity index is 2370. The molecule has 6 nitrogen and oxygen atoms in total. The van der Waals surface area contributed by atoms with E-state index in [4.69, 9.17) is 4.74 Å². The van der Waals surface area contributed by atoms with Crippen molar-refractivity contribution >= 4 is 55.1 Å². The van der Waals surface area contributed by atoms with E-state index in [1.54, 1.807) is 0 Å². The van der Waals surface area contributed by atoms with E-state index < -0.39 is 0 Å². The summed E-state index contributed by atoms with van der Waals surface area (Å²) in [5.41, 5.74) is 5.65. The van der Waals surface area contributed by atoms with Crippen LogP contribution in [0.5, 0.6) is 11.5 Å². The summed E-state index contributed by atoms with van der Waals surface area (Å²) in [5, 5.41) is 4.88. The third-order valence-corrected chi connectivity index (χ3v) is 8.74. The molecule has 1 aliphatic heterocycles. The molecule has 4 heterocycles. The van der Waals surface area contributed by atoms with Gasteiger partial charge in [-0.2, -0.15) is 0 Å². The standard InChI is InChI=1S/C39H29N5O/c1-41-26-42(25-39(41)44-35-17-6-3-13-30(35)31-14-4-7-18-36(31)44)27-11-10-12-28(23-27)45-29-20-21-33-32-15-2-5-16-34(32)43(37(33)24-29)38-19-8-9-22-40-38/h2-25H,26H2,1H3. The molecule has 216 valence electrons. The van der Waals surface area contributed by atoms with E-state index in [1.165, 1.54) is 32.6 Å². The maximum atomic E-state index is 6.51. The summed E-state index contributed by atoms with van der Waals surface area (Å²) < 4.78 is 11.1. The summed E-state index contributed by atoms with van der Waals surface area (Å²) in [6.07, 6.45) is 4.06. The second-order valence-corrected chi connectivity index (χ2v) is 11.5. The van der Waals surface area contributed by atoms with Gasteiger partial charge in [-0.1, -0.05) is 66.7 Å². The number of benzene rings is 5. The largest absolute Gasteiger partial charge is 0.457 e. The quantitative estimate of drug-likeness (QED) is 0.202. The molecule has 0 bridgehead atoms. The fraction of sp³-hybridized carbons (Fsp3) is 0.0513. The van der Waals surface area contributed by atoms with Gasteiger partial charge in [0.25, 0.3) is 0 Å². The second-order valence-electron chi connectivity index (χ2n) is 11.5. The third-order valence-electron chi connectivity index (χ3n) is 8.74. The Morgan fingerprint density at radius 3 is 1.87 bits per heavy atom. The number of fused-ring (bicyclic) bond motifs is 6. The average molecular weight is 584 g/mol. The van der Waals surface area contributed by atoms with Crippen molar-refractivity contribution < 1.29 is 4.74 Å². The van der Waals surface area contributed by atoms with Crippen molar-refractivity contribution in [2.24, 2.45) is 0 Å². The zero-order chi connectivity index (χ0) is 29.9. The number of ether oxygens (including phenoxy) is 1. The molecule has 0 radical (unpaired) electrons. The van der Waals surface area contributed by atoms with Crippen LogP contribution in [-0.4, -0.2) is 32.7 Å². The zero-order valence-corrected chi connectivity index (χ0v) is 24.7. The van der Waals surface area contributed by atoms with E-state index in [-0.39, 0.29) is 0 Å². The van der Waals surface area contributed by atoms with Crippen LogP contribution in [0.25, 0.3) is 55.3 Å². The van der Waals surface area contributed by atoms with Crippen LogP contribution in [-0.2, 0) is 0 Å². The number of hydrogen-bond acceptors (Lipinski definition) is 4. The molecule has 0 aliphatic carbocycles. The number of para-hydroxylation sites is 3. The van der Waals surface area contributed by atoms with E-state index in [0.29, 0.717) is 0 Å². The molecule has 0 N–H and O–H groups in total. The molecule has 6 heteroatoms. The van der Waals surface area contributed by atoms with E-state index in [0.717, 1.165) is 46.5 Å². The van der Waals surface area contributed by atoms with Gasteiger partial charge in [0.2, 0.25) is 0 Å². The van der Waals surface area contributed by atoms with Crippen molar-refractivity contribution in [1.82, 2.24) is 19.0 Å². The number of nitrogens with zero attached hydrogens (tertiary/aromatic N) is 5. The normalized spacial score (nSPS) is 13.4. The highest BCUT2D eigenvalue weighted by molar-refractivity contribution is 6.10. The Hall–Kier alpha value is -6.01. The van der Waals surface area contributed by atoms with Crippen LogP contribution in [0.3, 0.4) is 0 Å². The molecule has 0 unspecified atom stereocenters. The maximum Gasteiger partial charge on any atom is 0.137 e. The van der Waals surface area contributed by atoms with Crippen molar-refractivity contribution in [3.8, 4) is 17.3 Å². The molecule has 0 fully saturated rings. The van der Waals surface area contributed by atoms with Gasteiger partial charge < -0.3 is 14.5 Å². The molecule has 0 amide bonds. The number of aromatic nitrogens is 3. The smallest absolute Gasteiger partial charge is 0.137 e. The lowest BCUT2D eigenvalue weighted by Gasteiger charge is -2.20. The lowest BCUT2D eigenvalue weighted by Crippen LogP contribution is -2.24. The van der Waals surface area contributed by atoms with E-state index in [2.05, 4.69) is 140 Å². The van der Waals surface area contributed by atoms with Crippen LogP contribution >= 0.6 is 0 Å². The van der Waals surface area contributed by atoms with Crippen molar-refractivity contribution in [2.75, 3.05) is 18.6 Å². The number of rotatable bonds is 5. The molecule has 1 aliphatic rings. The van der Waals surface area contributed by atoms with Crippen LogP contribution in [0, 0.1) is 0 Å². The highest BCUT2D eigenvalue weighted by atomic mass is 16.5. The molecular weight excluding hydrogens is 554 g/mol. The topological polar surface area (TPSA) is 38.5 Å². The predicted molar refractivity (Wildman–Crippen MR) is 184 cm³/mol. The molecule has 5 aromatic carbocycles. The van der Waals surface area contributed by atoms with Crippen LogP contribution in [0.1, 0.15) is 0 Å². The first-order valence-electron chi connectivity index (χ1n) is 15.1. The lowest BCUT2D eigenvalue weighted by molar-refractivity contribution is 0.481. The molecule has 0 atom stereocenters. The Balaban J connectivity index is 1.08. The van der Waals surface area contributed by atoms with Crippen molar-refractivity contribution in [2.45, 2.75) is 0 Å². The molecule has 3 aromatic heterocycles. The molecule has 45 heavy (non-hydrogen) atoms. The monoisotopic (exact) mass is 583 g/mol. The van der Waals surface area contributed by atoms with E-state index in [9.17, 15) is 0 Å². The first-order chi connectivity index (χ1) is 22.2. The molecular formula is C39H29N5O. The van der Waals surface area contributed by atoms with Gasteiger partial charge in [-0.15, -0.1) is 0 Å². The molecule has 0 saturated heterocycles. The summed E-state index contributed by atoms with van der Waals surface area (Å²) in [5.74, 6) is 3.58. The molecule has 0 spiro atoms. The first kappa shape index (κ1) is 25.5. The summed E-state index contributed by atoms with van der Waals surface area (Å²) >= 11 is 0. The second kappa shape index (κ2) is 10.0. The van der Waals surface area contributed by atoms with Gasteiger partial charge >= 0.3 is 0 Å². The van der Waals surface area contributed by atoms with Gasteiger partial charge in [0.15, 0.2) is 0 Å².